The van der Waals surface area contributed by atoms with Crippen LogP contribution in [0.3, 0.4) is 0 Å². The number of carbonyl (C=O) groups is 2. The third-order valence-electron chi connectivity index (χ3n) is 8.74. The Balaban J connectivity index is 1.23. The van der Waals surface area contributed by atoms with Gasteiger partial charge >= 0.3 is 11.9 Å². The second-order valence-electron chi connectivity index (χ2n) is 10.4. The number of ether oxygens (including phenoxy) is 3. The first kappa shape index (κ1) is 19.8. The van der Waals surface area contributed by atoms with Crippen LogP contribution < -0.4 is 0 Å². The van der Waals surface area contributed by atoms with Gasteiger partial charge in [-0.05, 0) is 76.3 Å². The maximum absolute atomic E-state index is 12.8. The van der Waals surface area contributed by atoms with Gasteiger partial charge in [0.2, 0.25) is 0 Å². The molecule has 0 radical (unpaired) electrons. The number of hydrogen-bond donors (Lipinski definition) is 0. The smallest absolute Gasteiger partial charge is 0.310 e. The molecule has 162 valence electrons. The Morgan fingerprint density at radius 2 is 2.03 bits per heavy atom. The minimum absolute atomic E-state index is 0.000489. The molecule has 3 aliphatic heterocycles. The quantitative estimate of drug-likeness (QED) is 0.529. The predicted molar refractivity (Wildman–Crippen MR) is 106 cm³/mol. The zero-order valence-corrected chi connectivity index (χ0v) is 17.9. The van der Waals surface area contributed by atoms with Crippen molar-refractivity contribution in [2.45, 2.75) is 70.5 Å². The molecular formula is C23H35NO5. The molecule has 0 unspecified atom stereocenters. The zero-order valence-electron chi connectivity index (χ0n) is 17.9. The highest BCUT2D eigenvalue weighted by atomic mass is 16.6. The summed E-state index contributed by atoms with van der Waals surface area (Å²) >= 11 is 0. The summed E-state index contributed by atoms with van der Waals surface area (Å²) in [6.45, 7) is 8.10. The Hall–Kier alpha value is -1.14. The van der Waals surface area contributed by atoms with Gasteiger partial charge in [0, 0.05) is 12.5 Å². The monoisotopic (exact) mass is 405 g/mol. The fourth-order valence-corrected chi connectivity index (χ4v) is 7.06. The Morgan fingerprint density at radius 3 is 2.72 bits per heavy atom. The molecule has 6 atom stereocenters. The standard InChI is InChI=1S/C23H35NO5/c1-3-27-20(25)15-5-9-24(10-6-15)13-17-16-11-19-22(2,12-18(16)29-21(17)26)7-4-8-23(19)14-28-23/h15-19H,3-14H2,1-2H3/t16-,17-,18-,19+,22-,23-/m1/s1. The van der Waals surface area contributed by atoms with Crippen LogP contribution in [0.25, 0.3) is 0 Å². The van der Waals surface area contributed by atoms with Crippen molar-refractivity contribution in [2.75, 3.05) is 32.8 Å². The van der Waals surface area contributed by atoms with E-state index in [0.717, 1.165) is 51.9 Å². The number of hydrogen-bond acceptors (Lipinski definition) is 6. The number of fused-ring (bicyclic) bond motifs is 3. The third-order valence-corrected chi connectivity index (χ3v) is 8.74. The number of esters is 2. The Bertz CT molecular complexity index is 668. The van der Waals surface area contributed by atoms with Gasteiger partial charge in [0.05, 0.1) is 30.7 Å². The van der Waals surface area contributed by atoms with E-state index in [1.165, 1.54) is 19.3 Å². The minimum atomic E-state index is -0.0638. The van der Waals surface area contributed by atoms with E-state index in [1.54, 1.807) is 0 Å². The molecular weight excluding hydrogens is 370 g/mol. The zero-order chi connectivity index (χ0) is 20.2. The van der Waals surface area contributed by atoms with Crippen LogP contribution in [0.15, 0.2) is 0 Å². The summed E-state index contributed by atoms with van der Waals surface area (Å²) in [7, 11) is 0. The van der Waals surface area contributed by atoms with E-state index in [1.807, 2.05) is 6.92 Å². The van der Waals surface area contributed by atoms with Crippen molar-refractivity contribution in [1.29, 1.82) is 0 Å². The molecule has 29 heavy (non-hydrogen) atoms. The van der Waals surface area contributed by atoms with Crippen molar-refractivity contribution in [1.82, 2.24) is 4.90 Å². The number of epoxide rings is 1. The lowest BCUT2D eigenvalue weighted by Gasteiger charge is -2.51. The van der Waals surface area contributed by atoms with Crippen LogP contribution in [0.4, 0.5) is 0 Å². The van der Waals surface area contributed by atoms with E-state index in [4.69, 9.17) is 14.2 Å². The molecule has 5 fully saturated rings. The van der Waals surface area contributed by atoms with Gasteiger partial charge in [-0.2, -0.15) is 0 Å². The van der Waals surface area contributed by atoms with Gasteiger partial charge in [0.15, 0.2) is 0 Å². The van der Waals surface area contributed by atoms with E-state index >= 15 is 0 Å². The average Bonchev–Trinajstić information content (AvgIpc) is 3.40. The lowest BCUT2D eigenvalue weighted by Crippen LogP contribution is -2.51. The van der Waals surface area contributed by atoms with Crippen LogP contribution in [0.1, 0.15) is 58.8 Å². The molecule has 0 aromatic carbocycles. The number of nitrogens with zero attached hydrogens (tertiary/aromatic N) is 1. The van der Waals surface area contributed by atoms with Crippen LogP contribution in [-0.4, -0.2) is 61.4 Å². The van der Waals surface area contributed by atoms with E-state index in [0.29, 0.717) is 18.4 Å². The second kappa shape index (κ2) is 7.23. The SMILES string of the molecule is CCOC(=O)C1CCN(C[C@H]2C(=O)O[C@@H]3C[C@@]4(C)CCC[C@@]5(CO5)[C@H]4C[C@@H]32)CC1. The van der Waals surface area contributed by atoms with Crippen molar-refractivity contribution in [3.63, 3.8) is 0 Å². The minimum Gasteiger partial charge on any atom is -0.466 e. The first-order valence-corrected chi connectivity index (χ1v) is 11.7. The van der Waals surface area contributed by atoms with Crippen molar-refractivity contribution < 1.29 is 23.8 Å². The Morgan fingerprint density at radius 1 is 1.28 bits per heavy atom. The van der Waals surface area contributed by atoms with Gasteiger partial charge in [-0.25, -0.2) is 0 Å². The molecule has 0 amide bonds. The van der Waals surface area contributed by atoms with Gasteiger partial charge in [0.25, 0.3) is 0 Å². The average molecular weight is 406 g/mol. The third kappa shape index (κ3) is 3.40. The maximum atomic E-state index is 12.8. The molecule has 5 rings (SSSR count). The van der Waals surface area contributed by atoms with Crippen LogP contribution in [0.5, 0.6) is 0 Å². The largest absolute Gasteiger partial charge is 0.466 e. The Labute approximate surface area is 173 Å². The van der Waals surface area contributed by atoms with Crippen molar-refractivity contribution in [3.8, 4) is 0 Å². The summed E-state index contributed by atoms with van der Waals surface area (Å²) in [4.78, 5) is 27.2. The van der Waals surface area contributed by atoms with Gasteiger partial charge in [-0.1, -0.05) is 6.92 Å². The first-order valence-electron chi connectivity index (χ1n) is 11.7. The summed E-state index contributed by atoms with van der Waals surface area (Å²) in [6, 6.07) is 0. The maximum Gasteiger partial charge on any atom is 0.310 e. The number of carbonyl (C=O) groups excluding carboxylic acids is 2. The van der Waals surface area contributed by atoms with E-state index in [2.05, 4.69) is 11.8 Å². The highest BCUT2D eigenvalue weighted by molar-refractivity contribution is 5.76. The summed E-state index contributed by atoms with van der Waals surface area (Å²) in [5, 5.41) is 0. The van der Waals surface area contributed by atoms with E-state index in [9.17, 15) is 9.59 Å². The van der Waals surface area contributed by atoms with Gasteiger partial charge in [-0.15, -0.1) is 0 Å². The van der Waals surface area contributed by atoms with Crippen LogP contribution >= 0.6 is 0 Å². The van der Waals surface area contributed by atoms with Crippen LogP contribution in [0, 0.1) is 29.1 Å². The summed E-state index contributed by atoms with van der Waals surface area (Å²) < 4.78 is 17.1. The fourth-order valence-electron chi connectivity index (χ4n) is 7.06. The highest BCUT2D eigenvalue weighted by Gasteiger charge is 2.65. The molecule has 0 bridgehead atoms. The van der Waals surface area contributed by atoms with E-state index in [-0.39, 0.29) is 40.9 Å². The number of likely N-dealkylation sites (tertiary alicyclic amines) is 1. The molecule has 0 N–H and O–H groups in total. The van der Waals surface area contributed by atoms with Crippen molar-refractivity contribution in [2.24, 2.45) is 29.1 Å². The van der Waals surface area contributed by atoms with E-state index < -0.39 is 0 Å². The van der Waals surface area contributed by atoms with Crippen LogP contribution in [-0.2, 0) is 23.8 Å². The normalized spacial score (nSPS) is 44.8. The number of rotatable bonds is 4. The lowest BCUT2D eigenvalue weighted by molar-refractivity contribution is -0.150. The summed E-state index contributed by atoms with van der Waals surface area (Å²) in [5.41, 5.74) is 0.356. The molecule has 3 saturated heterocycles. The lowest BCUT2D eigenvalue weighted by atomic mass is 9.53. The van der Waals surface area contributed by atoms with Gasteiger partial charge < -0.3 is 19.1 Å². The molecule has 0 aromatic rings. The second-order valence-corrected chi connectivity index (χ2v) is 10.4. The number of piperidine rings is 1. The van der Waals surface area contributed by atoms with Gasteiger partial charge in [0.1, 0.15) is 6.10 Å². The Kier molecular flexibility index (Phi) is 4.93. The highest BCUT2D eigenvalue weighted by Crippen LogP contribution is 2.62. The summed E-state index contributed by atoms with van der Waals surface area (Å²) in [5.74, 6) is 0.811. The molecule has 3 heterocycles. The first-order chi connectivity index (χ1) is 13.9. The van der Waals surface area contributed by atoms with Crippen molar-refractivity contribution in [3.05, 3.63) is 0 Å². The van der Waals surface area contributed by atoms with Crippen LogP contribution in [0.2, 0.25) is 0 Å². The summed E-state index contributed by atoms with van der Waals surface area (Å²) in [6.07, 6.45) is 7.45. The molecule has 1 spiro atoms. The topological polar surface area (TPSA) is 68.4 Å². The van der Waals surface area contributed by atoms with Crippen molar-refractivity contribution >= 4 is 11.9 Å². The molecule has 2 saturated carbocycles. The predicted octanol–water partition coefficient (Wildman–Crippen LogP) is 2.79. The molecule has 0 aromatic heterocycles. The molecule has 6 heteroatoms. The molecule has 2 aliphatic carbocycles. The molecule has 6 nitrogen and oxygen atoms in total. The van der Waals surface area contributed by atoms with Gasteiger partial charge in [-0.3, -0.25) is 9.59 Å². The molecule has 5 aliphatic rings. The fraction of sp³-hybridized carbons (Fsp3) is 0.913.